The minimum atomic E-state index is -0.0415. The predicted molar refractivity (Wildman–Crippen MR) is 79.6 cm³/mol. The van der Waals surface area contributed by atoms with E-state index >= 15 is 0 Å². The molecule has 0 aromatic heterocycles. The van der Waals surface area contributed by atoms with E-state index in [4.69, 9.17) is 0 Å². The van der Waals surface area contributed by atoms with Gasteiger partial charge in [-0.2, -0.15) is 0 Å². The van der Waals surface area contributed by atoms with Gasteiger partial charge in [-0.05, 0) is 49.9 Å². The molecular weight excluding hydrogens is 252 g/mol. The lowest BCUT2D eigenvalue weighted by atomic mass is 10.1. The quantitative estimate of drug-likeness (QED) is 0.897. The number of nitrogens with one attached hydrogen (secondary N) is 1. The van der Waals surface area contributed by atoms with Gasteiger partial charge in [-0.3, -0.25) is 9.59 Å². The molecule has 0 aliphatic heterocycles. The van der Waals surface area contributed by atoms with E-state index in [1.165, 1.54) is 5.56 Å². The van der Waals surface area contributed by atoms with Crippen LogP contribution in [0.3, 0.4) is 0 Å². The van der Waals surface area contributed by atoms with Crippen LogP contribution in [-0.2, 0) is 9.59 Å². The van der Waals surface area contributed by atoms with Gasteiger partial charge in [-0.15, -0.1) is 0 Å². The first kappa shape index (κ1) is 14.6. The van der Waals surface area contributed by atoms with Crippen LogP contribution in [-0.4, -0.2) is 29.3 Å². The third-order valence-corrected chi connectivity index (χ3v) is 3.76. The Morgan fingerprint density at radius 3 is 2.50 bits per heavy atom. The number of nitrogens with zero attached hydrogens (tertiary/aromatic N) is 1. The van der Waals surface area contributed by atoms with Gasteiger partial charge in [0.05, 0.1) is 0 Å². The van der Waals surface area contributed by atoms with Gasteiger partial charge < -0.3 is 10.2 Å². The zero-order chi connectivity index (χ0) is 14.7. The van der Waals surface area contributed by atoms with Crippen LogP contribution in [0.5, 0.6) is 0 Å². The molecule has 4 nitrogen and oxygen atoms in total. The van der Waals surface area contributed by atoms with E-state index < -0.39 is 0 Å². The summed E-state index contributed by atoms with van der Waals surface area (Å²) < 4.78 is 0. The second kappa shape index (κ2) is 6.07. The van der Waals surface area contributed by atoms with Gasteiger partial charge >= 0.3 is 0 Å². The zero-order valence-corrected chi connectivity index (χ0v) is 12.4. The van der Waals surface area contributed by atoms with Gasteiger partial charge in [-0.25, -0.2) is 0 Å². The first-order valence-corrected chi connectivity index (χ1v) is 7.11. The molecular formula is C16H22N2O2. The fourth-order valence-electron chi connectivity index (χ4n) is 2.25. The number of anilines is 1. The monoisotopic (exact) mass is 274 g/mol. The van der Waals surface area contributed by atoms with E-state index in [1.54, 1.807) is 11.8 Å². The fraction of sp³-hybridized carbons (Fsp3) is 0.500. The number of carbonyl (C=O) groups is 2. The zero-order valence-electron chi connectivity index (χ0n) is 12.4. The second-order valence-electron chi connectivity index (χ2n) is 5.54. The molecule has 0 bridgehead atoms. The summed E-state index contributed by atoms with van der Waals surface area (Å²) in [6.45, 7) is 6.15. The molecule has 0 saturated heterocycles. The Balaban J connectivity index is 1.85. The van der Waals surface area contributed by atoms with Crippen molar-refractivity contribution in [3.63, 3.8) is 0 Å². The lowest BCUT2D eigenvalue weighted by Crippen LogP contribution is -2.33. The first-order valence-electron chi connectivity index (χ1n) is 7.11. The number of benzene rings is 1. The van der Waals surface area contributed by atoms with E-state index in [0.29, 0.717) is 19.0 Å². The van der Waals surface area contributed by atoms with Crippen LogP contribution < -0.4 is 5.32 Å². The molecule has 1 aliphatic rings. The first-order chi connectivity index (χ1) is 9.47. The molecule has 0 heterocycles. The van der Waals surface area contributed by atoms with Crippen LogP contribution in [0.4, 0.5) is 5.69 Å². The maximum absolute atomic E-state index is 11.9. The van der Waals surface area contributed by atoms with E-state index in [2.05, 4.69) is 5.32 Å². The summed E-state index contributed by atoms with van der Waals surface area (Å²) in [5, 5.41) is 2.89. The number of hydrogen-bond donors (Lipinski definition) is 1. The summed E-state index contributed by atoms with van der Waals surface area (Å²) in [5.74, 6) is 0.0200. The standard InChI is InChI=1S/C16H22N2O2/c1-11-4-5-14(10-12(11)2)17-16(20)8-9-18(13(3)19)15-6-7-15/h4-5,10,15H,6-9H2,1-3H3,(H,17,20). The average Bonchev–Trinajstić information content (AvgIpc) is 3.18. The summed E-state index contributed by atoms with van der Waals surface area (Å²) in [6, 6.07) is 6.24. The van der Waals surface area contributed by atoms with Crippen LogP contribution >= 0.6 is 0 Å². The Bertz CT molecular complexity index is 521. The molecule has 2 rings (SSSR count). The number of carbonyl (C=O) groups excluding carboxylic acids is 2. The summed E-state index contributed by atoms with van der Waals surface area (Å²) in [6.07, 6.45) is 2.49. The van der Waals surface area contributed by atoms with Gasteiger partial charge in [0.2, 0.25) is 11.8 Å². The van der Waals surface area contributed by atoms with Crippen molar-refractivity contribution < 1.29 is 9.59 Å². The Morgan fingerprint density at radius 1 is 1.25 bits per heavy atom. The third kappa shape index (κ3) is 3.83. The van der Waals surface area contributed by atoms with Crippen molar-refractivity contribution >= 4 is 17.5 Å². The lowest BCUT2D eigenvalue weighted by molar-refractivity contribution is -0.129. The smallest absolute Gasteiger partial charge is 0.226 e. The maximum atomic E-state index is 11.9. The highest BCUT2D eigenvalue weighted by molar-refractivity contribution is 5.91. The van der Waals surface area contributed by atoms with E-state index in [1.807, 2.05) is 32.0 Å². The molecule has 1 aromatic carbocycles. The Labute approximate surface area is 120 Å². The molecule has 2 amide bonds. The van der Waals surface area contributed by atoms with Gasteiger partial charge in [0.15, 0.2) is 0 Å². The van der Waals surface area contributed by atoms with E-state index in [-0.39, 0.29) is 11.8 Å². The molecule has 1 saturated carbocycles. The second-order valence-corrected chi connectivity index (χ2v) is 5.54. The lowest BCUT2D eigenvalue weighted by Gasteiger charge is -2.20. The minimum Gasteiger partial charge on any atom is -0.339 e. The summed E-state index contributed by atoms with van der Waals surface area (Å²) in [7, 11) is 0. The van der Waals surface area contributed by atoms with Gasteiger partial charge in [0.25, 0.3) is 0 Å². The number of rotatable bonds is 5. The predicted octanol–water partition coefficient (Wildman–Crippen LogP) is 2.64. The maximum Gasteiger partial charge on any atom is 0.226 e. The van der Waals surface area contributed by atoms with Crippen molar-refractivity contribution in [2.45, 2.75) is 46.1 Å². The molecule has 1 aliphatic carbocycles. The normalized spacial score (nSPS) is 13.9. The summed E-state index contributed by atoms with van der Waals surface area (Å²) in [5.41, 5.74) is 3.18. The van der Waals surface area contributed by atoms with Crippen molar-refractivity contribution in [1.82, 2.24) is 4.90 Å². The largest absolute Gasteiger partial charge is 0.339 e. The van der Waals surface area contributed by atoms with Crippen LogP contribution in [0.15, 0.2) is 18.2 Å². The highest BCUT2D eigenvalue weighted by atomic mass is 16.2. The number of aryl methyl sites for hydroxylation is 2. The van der Waals surface area contributed by atoms with Crippen molar-refractivity contribution in [3.05, 3.63) is 29.3 Å². The molecule has 20 heavy (non-hydrogen) atoms. The summed E-state index contributed by atoms with van der Waals surface area (Å²) >= 11 is 0. The van der Waals surface area contributed by atoms with Crippen LogP contribution in [0.2, 0.25) is 0 Å². The molecule has 0 atom stereocenters. The van der Waals surface area contributed by atoms with Crippen molar-refractivity contribution in [3.8, 4) is 0 Å². The minimum absolute atomic E-state index is 0.0415. The molecule has 1 N–H and O–H groups in total. The van der Waals surface area contributed by atoms with Crippen molar-refractivity contribution in [2.75, 3.05) is 11.9 Å². The highest BCUT2D eigenvalue weighted by Crippen LogP contribution is 2.27. The van der Waals surface area contributed by atoms with Crippen molar-refractivity contribution in [2.24, 2.45) is 0 Å². The molecule has 4 heteroatoms. The Hall–Kier alpha value is -1.84. The van der Waals surface area contributed by atoms with E-state index in [9.17, 15) is 9.59 Å². The highest BCUT2D eigenvalue weighted by Gasteiger charge is 2.30. The van der Waals surface area contributed by atoms with Crippen LogP contribution in [0.25, 0.3) is 0 Å². The van der Waals surface area contributed by atoms with Crippen molar-refractivity contribution in [1.29, 1.82) is 0 Å². The number of amides is 2. The summed E-state index contributed by atoms with van der Waals surface area (Å²) in [4.78, 5) is 25.2. The van der Waals surface area contributed by atoms with E-state index in [0.717, 1.165) is 24.1 Å². The van der Waals surface area contributed by atoms with Crippen LogP contribution in [0.1, 0.15) is 37.3 Å². The number of hydrogen-bond acceptors (Lipinski definition) is 2. The molecule has 0 spiro atoms. The SMILES string of the molecule is CC(=O)N(CCC(=O)Nc1ccc(C)c(C)c1)C1CC1. The van der Waals surface area contributed by atoms with Crippen LogP contribution in [0, 0.1) is 13.8 Å². The molecule has 1 fully saturated rings. The topological polar surface area (TPSA) is 49.4 Å². The fourth-order valence-corrected chi connectivity index (χ4v) is 2.25. The molecule has 0 unspecified atom stereocenters. The molecule has 1 aromatic rings. The Morgan fingerprint density at radius 2 is 1.95 bits per heavy atom. The molecule has 0 radical (unpaired) electrons. The average molecular weight is 274 g/mol. The molecule has 108 valence electrons. The van der Waals surface area contributed by atoms with Gasteiger partial charge in [0, 0.05) is 31.6 Å². The Kier molecular flexibility index (Phi) is 4.42. The third-order valence-electron chi connectivity index (χ3n) is 3.76. The van der Waals surface area contributed by atoms with Gasteiger partial charge in [0.1, 0.15) is 0 Å². The van der Waals surface area contributed by atoms with Gasteiger partial charge in [-0.1, -0.05) is 6.07 Å².